The molecule has 0 aliphatic carbocycles. The van der Waals surface area contributed by atoms with Crippen LogP contribution in [0.5, 0.6) is 0 Å². The largest absolute Gasteiger partial charge is 0.325 e. The Kier molecular flexibility index (Phi) is 3.59. The van der Waals surface area contributed by atoms with E-state index in [1.165, 1.54) is 6.92 Å². The molecule has 1 aliphatic rings. The molecule has 1 rings (SSSR count). The Labute approximate surface area is 88.7 Å². The average molecular weight is 216 g/mol. The van der Waals surface area contributed by atoms with E-state index in [4.69, 9.17) is 14.2 Å². The second-order valence-electron chi connectivity index (χ2n) is 4.06. The summed E-state index contributed by atoms with van der Waals surface area (Å²) in [6.45, 7) is 5.05. The quantitative estimate of drug-likeness (QED) is 0.632. The molecular formula is C10H16O5. The van der Waals surface area contributed by atoms with Gasteiger partial charge in [-0.05, 0) is 13.8 Å². The van der Waals surface area contributed by atoms with Gasteiger partial charge in [0, 0.05) is 13.3 Å². The summed E-state index contributed by atoms with van der Waals surface area (Å²) in [5, 5.41) is 0. The van der Waals surface area contributed by atoms with Gasteiger partial charge in [-0.1, -0.05) is 0 Å². The van der Waals surface area contributed by atoms with Crippen LogP contribution in [0.1, 0.15) is 27.2 Å². The van der Waals surface area contributed by atoms with Crippen LogP contribution >= 0.6 is 0 Å². The molecule has 0 radical (unpaired) electrons. The van der Waals surface area contributed by atoms with E-state index in [1.54, 1.807) is 13.8 Å². The number of Topliss-reactive ketones (excluding diaryl/α,β-unsaturated/α-hetero) is 1. The van der Waals surface area contributed by atoms with Crippen molar-refractivity contribution in [2.45, 2.75) is 38.8 Å². The number of ether oxygens (including phenoxy) is 3. The maximum Gasteiger partial charge on any atom is 0.281 e. The van der Waals surface area contributed by atoms with Crippen molar-refractivity contribution in [3.8, 4) is 0 Å². The molecule has 0 aromatic carbocycles. The van der Waals surface area contributed by atoms with Crippen LogP contribution in [-0.2, 0) is 23.8 Å². The fourth-order valence-corrected chi connectivity index (χ4v) is 1.66. The summed E-state index contributed by atoms with van der Waals surface area (Å²) in [5.74, 6) is -1.19. The first kappa shape index (κ1) is 12.3. The molecule has 15 heavy (non-hydrogen) atoms. The summed E-state index contributed by atoms with van der Waals surface area (Å²) in [5.41, 5.74) is -0.663. The first-order chi connectivity index (χ1) is 6.89. The standard InChI is InChI=1S/C10H16O5/c1-8(12)6-9(2)7-14-10(3,15-9)13-5-4-11/h4H,5-7H2,1-3H3. The number of hydrogen-bond acceptors (Lipinski definition) is 5. The summed E-state index contributed by atoms with van der Waals surface area (Å²) >= 11 is 0. The average Bonchev–Trinajstić information content (AvgIpc) is 2.38. The van der Waals surface area contributed by atoms with Gasteiger partial charge in [-0.2, -0.15) is 0 Å². The van der Waals surface area contributed by atoms with Crippen LogP contribution in [0, 0.1) is 0 Å². The number of carbonyl (C=O) groups is 2. The van der Waals surface area contributed by atoms with Gasteiger partial charge >= 0.3 is 0 Å². The summed E-state index contributed by atoms with van der Waals surface area (Å²) in [6.07, 6.45) is 0.894. The van der Waals surface area contributed by atoms with Crippen molar-refractivity contribution in [2.75, 3.05) is 13.2 Å². The molecule has 5 heteroatoms. The molecule has 0 spiro atoms. The van der Waals surface area contributed by atoms with Gasteiger partial charge in [0.1, 0.15) is 24.3 Å². The lowest BCUT2D eigenvalue weighted by Crippen LogP contribution is -2.36. The molecule has 1 saturated heterocycles. The van der Waals surface area contributed by atoms with Crippen molar-refractivity contribution in [3.05, 3.63) is 0 Å². The summed E-state index contributed by atoms with van der Waals surface area (Å²) < 4.78 is 15.9. The summed E-state index contributed by atoms with van der Waals surface area (Å²) in [6, 6.07) is 0. The SMILES string of the molecule is CC(=O)CC1(C)COC(C)(OCC=O)O1. The third-order valence-electron chi connectivity index (χ3n) is 2.11. The van der Waals surface area contributed by atoms with E-state index in [-0.39, 0.29) is 25.4 Å². The van der Waals surface area contributed by atoms with Crippen LogP contribution in [0.15, 0.2) is 0 Å². The topological polar surface area (TPSA) is 61.8 Å². The molecule has 0 aromatic rings. The van der Waals surface area contributed by atoms with Gasteiger partial charge in [-0.25, -0.2) is 0 Å². The van der Waals surface area contributed by atoms with E-state index in [0.29, 0.717) is 6.29 Å². The Morgan fingerprint density at radius 1 is 1.53 bits per heavy atom. The minimum absolute atomic E-state index is 0.0285. The van der Waals surface area contributed by atoms with Gasteiger partial charge in [-0.15, -0.1) is 0 Å². The first-order valence-corrected chi connectivity index (χ1v) is 4.80. The number of carbonyl (C=O) groups excluding carboxylic acids is 2. The van der Waals surface area contributed by atoms with E-state index < -0.39 is 11.6 Å². The van der Waals surface area contributed by atoms with Crippen molar-refractivity contribution in [1.29, 1.82) is 0 Å². The molecule has 0 bridgehead atoms. The third kappa shape index (κ3) is 3.37. The van der Waals surface area contributed by atoms with Crippen molar-refractivity contribution in [1.82, 2.24) is 0 Å². The van der Waals surface area contributed by atoms with E-state index in [2.05, 4.69) is 0 Å². The van der Waals surface area contributed by atoms with Gasteiger partial charge in [-0.3, -0.25) is 4.79 Å². The molecule has 0 saturated carbocycles. The molecule has 1 fully saturated rings. The molecule has 0 N–H and O–H groups in total. The van der Waals surface area contributed by atoms with Crippen LogP contribution in [0.25, 0.3) is 0 Å². The summed E-state index contributed by atoms with van der Waals surface area (Å²) in [7, 11) is 0. The predicted molar refractivity (Wildman–Crippen MR) is 51.2 cm³/mol. The lowest BCUT2D eigenvalue weighted by molar-refractivity contribution is -0.328. The maximum absolute atomic E-state index is 11.0. The molecule has 0 aromatic heterocycles. The Balaban J connectivity index is 2.55. The highest BCUT2D eigenvalue weighted by Gasteiger charge is 2.46. The Morgan fingerprint density at radius 2 is 2.20 bits per heavy atom. The maximum atomic E-state index is 11.0. The van der Waals surface area contributed by atoms with Crippen LogP contribution in [-0.4, -0.2) is 36.9 Å². The number of rotatable bonds is 5. The van der Waals surface area contributed by atoms with Crippen LogP contribution in [0.4, 0.5) is 0 Å². The van der Waals surface area contributed by atoms with Crippen LogP contribution < -0.4 is 0 Å². The highest BCUT2D eigenvalue weighted by atomic mass is 16.9. The van der Waals surface area contributed by atoms with Crippen molar-refractivity contribution >= 4 is 12.1 Å². The predicted octanol–water partition coefficient (Wildman–Crippen LogP) is 0.660. The minimum Gasteiger partial charge on any atom is -0.325 e. The lowest BCUT2D eigenvalue weighted by atomic mass is 10.0. The van der Waals surface area contributed by atoms with Crippen molar-refractivity contribution in [2.24, 2.45) is 0 Å². The minimum atomic E-state index is -1.22. The van der Waals surface area contributed by atoms with Crippen molar-refractivity contribution < 1.29 is 23.8 Å². The summed E-state index contributed by atoms with van der Waals surface area (Å²) in [4.78, 5) is 21.2. The molecule has 2 unspecified atom stereocenters. The molecular weight excluding hydrogens is 200 g/mol. The van der Waals surface area contributed by atoms with Gasteiger partial charge in [0.2, 0.25) is 0 Å². The molecule has 2 atom stereocenters. The van der Waals surface area contributed by atoms with Gasteiger partial charge in [0.15, 0.2) is 0 Å². The molecule has 5 nitrogen and oxygen atoms in total. The zero-order chi connectivity index (χ0) is 11.5. The van der Waals surface area contributed by atoms with Gasteiger partial charge < -0.3 is 19.0 Å². The molecule has 86 valence electrons. The molecule has 0 amide bonds. The number of ketones is 1. The fourth-order valence-electron chi connectivity index (χ4n) is 1.66. The zero-order valence-electron chi connectivity index (χ0n) is 9.24. The van der Waals surface area contributed by atoms with E-state index in [0.717, 1.165) is 0 Å². The normalized spacial score (nSPS) is 35.4. The smallest absolute Gasteiger partial charge is 0.281 e. The highest BCUT2D eigenvalue weighted by Crippen LogP contribution is 2.34. The zero-order valence-corrected chi connectivity index (χ0v) is 9.24. The van der Waals surface area contributed by atoms with Crippen molar-refractivity contribution in [3.63, 3.8) is 0 Å². The van der Waals surface area contributed by atoms with Crippen LogP contribution in [0.3, 0.4) is 0 Å². The van der Waals surface area contributed by atoms with E-state index in [9.17, 15) is 9.59 Å². The monoisotopic (exact) mass is 216 g/mol. The van der Waals surface area contributed by atoms with E-state index >= 15 is 0 Å². The first-order valence-electron chi connectivity index (χ1n) is 4.80. The second kappa shape index (κ2) is 4.38. The van der Waals surface area contributed by atoms with E-state index in [1.807, 2.05) is 0 Å². The highest BCUT2D eigenvalue weighted by molar-refractivity contribution is 5.76. The fraction of sp³-hybridized carbons (Fsp3) is 0.800. The third-order valence-corrected chi connectivity index (χ3v) is 2.11. The molecule has 1 heterocycles. The van der Waals surface area contributed by atoms with Gasteiger partial charge in [0.05, 0.1) is 6.61 Å². The Bertz CT molecular complexity index is 265. The van der Waals surface area contributed by atoms with Crippen LogP contribution in [0.2, 0.25) is 0 Å². The molecule has 1 aliphatic heterocycles. The Hall–Kier alpha value is -0.780. The Morgan fingerprint density at radius 3 is 2.73 bits per heavy atom. The lowest BCUT2D eigenvalue weighted by Gasteiger charge is -2.26. The number of aldehydes is 1. The second-order valence-corrected chi connectivity index (χ2v) is 4.06. The number of hydrogen-bond donors (Lipinski definition) is 0. The van der Waals surface area contributed by atoms with Gasteiger partial charge in [0.25, 0.3) is 5.97 Å².